The monoisotopic (exact) mass is 536 g/mol. The highest BCUT2D eigenvalue weighted by Gasteiger charge is 2.19. The molecule has 0 saturated carbocycles. The van der Waals surface area contributed by atoms with Crippen molar-refractivity contribution in [2.24, 2.45) is 0 Å². The van der Waals surface area contributed by atoms with Crippen LogP contribution in [0.1, 0.15) is 0 Å². The Bertz CT molecular complexity index is 2410. The molecule has 4 nitrogen and oxygen atoms in total. The first-order valence-electron chi connectivity index (χ1n) is 14.2. The van der Waals surface area contributed by atoms with Gasteiger partial charge >= 0.3 is 0 Å². The fourth-order valence-electron chi connectivity index (χ4n) is 6.41. The van der Waals surface area contributed by atoms with Gasteiger partial charge in [0.1, 0.15) is 11.5 Å². The molecular weight excluding hydrogens is 512 g/mol. The summed E-state index contributed by atoms with van der Waals surface area (Å²) in [7, 11) is 0. The summed E-state index contributed by atoms with van der Waals surface area (Å²) < 4.78 is 4.54. The highest BCUT2D eigenvalue weighted by Crippen LogP contribution is 2.38. The quantitative estimate of drug-likeness (QED) is 0.225. The average molecular weight is 537 g/mol. The van der Waals surface area contributed by atoms with E-state index in [2.05, 4.69) is 142 Å². The first-order valence-corrected chi connectivity index (χ1v) is 14.2. The van der Waals surface area contributed by atoms with Crippen molar-refractivity contribution in [3.05, 3.63) is 146 Å². The van der Waals surface area contributed by atoms with Crippen LogP contribution in [0, 0.1) is 0 Å². The largest absolute Gasteiger partial charge is 0.292 e. The van der Waals surface area contributed by atoms with Crippen LogP contribution in [-0.4, -0.2) is 18.9 Å². The maximum atomic E-state index is 5.11. The molecule has 0 saturated heterocycles. The van der Waals surface area contributed by atoms with E-state index in [1.807, 2.05) is 12.1 Å². The molecule has 9 rings (SSSR count). The SMILES string of the molecule is c1ccc(-n2c(-c3cccc(-c4cccc(-c5nc6cccc7c8ccccc8c5n67)c4)c3)nc3ccccc32)cc1. The van der Waals surface area contributed by atoms with Crippen LogP contribution in [0.4, 0.5) is 0 Å². The second kappa shape index (κ2) is 8.88. The molecule has 0 atom stereocenters. The van der Waals surface area contributed by atoms with Crippen LogP contribution < -0.4 is 0 Å². The Kier molecular flexibility index (Phi) is 4.87. The van der Waals surface area contributed by atoms with E-state index in [1.165, 1.54) is 21.8 Å². The van der Waals surface area contributed by atoms with Crippen molar-refractivity contribution < 1.29 is 0 Å². The van der Waals surface area contributed by atoms with Gasteiger partial charge in [-0.2, -0.15) is 0 Å². The van der Waals surface area contributed by atoms with E-state index >= 15 is 0 Å². The predicted octanol–water partition coefficient (Wildman–Crippen LogP) is 9.42. The van der Waals surface area contributed by atoms with Crippen LogP contribution in [0.25, 0.3) is 77.9 Å². The summed E-state index contributed by atoms with van der Waals surface area (Å²) in [6, 6.07) is 51.2. The molecule has 42 heavy (non-hydrogen) atoms. The van der Waals surface area contributed by atoms with E-state index in [9.17, 15) is 0 Å². The molecule has 0 N–H and O–H groups in total. The summed E-state index contributed by atoms with van der Waals surface area (Å²) in [6.07, 6.45) is 0. The molecule has 5 aromatic carbocycles. The van der Waals surface area contributed by atoms with Gasteiger partial charge in [-0.05, 0) is 59.7 Å². The van der Waals surface area contributed by atoms with E-state index in [0.29, 0.717) is 0 Å². The number of hydrogen-bond donors (Lipinski definition) is 0. The van der Waals surface area contributed by atoms with Gasteiger partial charge in [0.15, 0.2) is 0 Å². The number of hydrogen-bond acceptors (Lipinski definition) is 2. The highest BCUT2D eigenvalue weighted by molar-refractivity contribution is 6.13. The Morgan fingerprint density at radius 2 is 1.10 bits per heavy atom. The lowest BCUT2D eigenvalue weighted by molar-refractivity contribution is 1.10. The molecule has 4 aromatic heterocycles. The van der Waals surface area contributed by atoms with E-state index in [0.717, 1.165) is 56.1 Å². The van der Waals surface area contributed by atoms with Crippen LogP contribution in [0.15, 0.2) is 146 Å². The van der Waals surface area contributed by atoms with Gasteiger partial charge in [-0.15, -0.1) is 0 Å². The van der Waals surface area contributed by atoms with Gasteiger partial charge in [0, 0.05) is 27.6 Å². The van der Waals surface area contributed by atoms with Crippen LogP contribution >= 0.6 is 0 Å². The van der Waals surface area contributed by atoms with E-state index in [-0.39, 0.29) is 0 Å². The Balaban J connectivity index is 1.20. The van der Waals surface area contributed by atoms with Crippen molar-refractivity contribution in [3.8, 4) is 39.5 Å². The van der Waals surface area contributed by atoms with Gasteiger partial charge in [0.25, 0.3) is 0 Å². The van der Waals surface area contributed by atoms with Crippen LogP contribution in [0.5, 0.6) is 0 Å². The standard InChI is InChI=1S/C38H24N4/c1-2-15-29(16-3-1)41-34-20-7-6-19-32(34)39-38(41)28-14-9-12-26(24-28)25-11-8-13-27(23-25)36-37-31-18-5-4-17-30(31)33-21-10-22-35(40-36)42(33)37/h1-24H. The lowest BCUT2D eigenvalue weighted by atomic mass is 9.99. The molecule has 0 aliphatic rings. The average Bonchev–Trinajstić information content (AvgIpc) is 3.75. The third-order valence-corrected chi connectivity index (χ3v) is 8.27. The number of aromatic nitrogens is 4. The Labute approximate surface area is 242 Å². The van der Waals surface area contributed by atoms with Crippen molar-refractivity contribution >= 4 is 38.5 Å². The summed E-state index contributed by atoms with van der Waals surface area (Å²) in [6.45, 7) is 0. The number of pyridine rings is 1. The number of rotatable bonds is 4. The molecule has 0 aliphatic heterocycles. The molecule has 0 aliphatic carbocycles. The van der Waals surface area contributed by atoms with Gasteiger partial charge in [-0.3, -0.25) is 8.97 Å². The first-order chi connectivity index (χ1) is 20.8. The summed E-state index contributed by atoms with van der Waals surface area (Å²) >= 11 is 0. The Morgan fingerprint density at radius 3 is 1.95 bits per heavy atom. The number of para-hydroxylation sites is 3. The fourth-order valence-corrected chi connectivity index (χ4v) is 6.41. The zero-order chi connectivity index (χ0) is 27.6. The summed E-state index contributed by atoms with van der Waals surface area (Å²) in [5, 5.41) is 2.49. The predicted molar refractivity (Wildman–Crippen MR) is 172 cm³/mol. The van der Waals surface area contributed by atoms with Crippen LogP contribution in [-0.2, 0) is 0 Å². The second-order valence-electron chi connectivity index (χ2n) is 10.7. The maximum absolute atomic E-state index is 5.11. The number of nitrogens with zero attached hydrogens (tertiary/aromatic N) is 4. The third kappa shape index (κ3) is 3.36. The molecule has 0 spiro atoms. The lowest BCUT2D eigenvalue weighted by Gasteiger charge is -2.11. The molecule has 9 aromatic rings. The van der Waals surface area contributed by atoms with Crippen LogP contribution in [0.3, 0.4) is 0 Å². The van der Waals surface area contributed by atoms with Gasteiger partial charge in [-0.25, -0.2) is 9.97 Å². The molecular formula is C38H24N4. The Morgan fingerprint density at radius 1 is 0.452 bits per heavy atom. The molecule has 0 amide bonds. The van der Waals surface area contributed by atoms with Crippen molar-refractivity contribution in [2.75, 3.05) is 0 Å². The van der Waals surface area contributed by atoms with Crippen molar-refractivity contribution in [3.63, 3.8) is 0 Å². The fraction of sp³-hybridized carbons (Fsp3) is 0. The first kappa shape index (κ1) is 23.0. The zero-order valence-electron chi connectivity index (χ0n) is 22.6. The minimum atomic E-state index is 0.929. The minimum absolute atomic E-state index is 0.929. The highest BCUT2D eigenvalue weighted by atomic mass is 15.1. The summed E-state index contributed by atoms with van der Waals surface area (Å²) in [5.74, 6) is 0.929. The van der Waals surface area contributed by atoms with Gasteiger partial charge in [0.2, 0.25) is 0 Å². The molecule has 0 bridgehead atoms. The lowest BCUT2D eigenvalue weighted by Crippen LogP contribution is -1.97. The van der Waals surface area contributed by atoms with Crippen molar-refractivity contribution in [2.45, 2.75) is 0 Å². The topological polar surface area (TPSA) is 35.1 Å². The molecule has 0 unspecified atom stereocenters. The summed E-state index contributed by atoms with van der Waals surface area (Å²) in [5.41, 5.74) is 12.0. The van der Waals surface area contributed by atoms with Crippen LogP contribution in [0.2, 0.25) is 0 Å². The molecule has 0 radical (unpaired) electrons. The normalized spacial score (nSPS) is 11.8. The molecule has 0 fully saturated rings. The summed E-state index contributed by atoms with van der Waals surface area (Å²) in [4.78, 5) is 10.2. The van der Waals surface area contributed by atoms with Gasteiger partial charge in [-0.1, -0.05) is 97.1 Å². The number of fused-ring (bicyclic) bond motifs is 4. The van der Waals surface area contributed by atoms with E-state index in [4.69, 9.17) is 9.97 Å². The Hall–Kier alpha value is -5.74. The van der Waals surface area contributed by atoms with E-state index < -0.39 is 0 Å². The number of imidazole rings is 2. The van der Waals surface area contributed by atoms with Gasteiger partial charge < -0.3 is 0 Å². The minimum Gasteiger partial charge on any atom is -0.292 e. The van der Waals surface area contributed by atoms with E-state index in [1.54, 1.807) is 0 Å². The zero-order valence-corrected chi connectivity index (χ0v) is 22.6. The second-order valence-corrected chi connectivity index (χ2v) is 10.7. The maximum Gasteiger partial charge on any atom is 0.145 e. The van der Waals surface area contributed by atoms with Crippen molar-refractivity contribution in [1.29, 1.82) is 0 Å². The smallest absolute Gasteiger partial charge is 0.145 e. The molecule has 4 heterocycles. The van der Waals surface area contributed by atoms with Crippen molar-refractivity contribution in [1.82, 2.24) is 18.9 Å². The molecule has 4 heteroatoms. The van der Waals surface area contributed by atoms with Gasteiger partial charge in [0.05, 0.1) is 27.8 Å². The molecule has 196 valence electrons. The number of benzene rings is 5. The third-order valence-electron chi connectivity index (χ3n) is 8.27.